The Hall–Kier alpha value is -1.81. The van der Waals surface area contributed by atoms with Crippen molar-refractivity contribution in [3.8, 4) is 5.75 Å². The van der Waals surface area contributed by atoms with Crippen LogP contribution in [-0.2, 0) is 6.42 Å². The summed E-state index contributed by atoms with van der Waals surface area (Å²) in [7, 11) is 0. The van der Waals surface area contributed by atoms with Gasteiger partial charge in [-0.05, 0) is 72.4 Å². The number of ether oxygens (including phenoxy) is 1. The Morgan fingerprint density at radius 1 is 1.22 bits per heavy atom. The maximum atomic E-state index is 12.9. The molecule has 2 aromatic carbocycles. The van der Waals surface area contributed by atoms with Crippen molar-refractivity contribution in [1.82, 2.24) is 0 Å². The zero-order chi connectivity index (χ0) is 16.4. The molecule has 1 heterocycles. The van der Waals surface area contributed by atoms with Crippen LogP contribution in [0.4, 0.5) is 5.69 Å². The number of para-hydroxylation sites is 1. The van der Waals surface area contributed by atoms with Gasteiger partial charge in [-0.25, -0.2) is 0 Å². The molecule has 0 saturated heterocycles. The summed E-state index contributed by atoms with van der Waals surface area (Å²) in [5.74, 6) is 0.796. The average molecular weight is 374 g/mol. The van der Waals surface area contributed by atoms with Crippen LogP contribution in [0.15, 0.2) is 46.9 Å². The van der Waals surface area contributed by atoms with Gasteiger partial charge in [-0.15, -0.1) is 0 Å². The number of rotatable bonds is 3. The lowest BCUT2D eigenvalue weighted by Gasteiger charge is -2.29. The normalized spacial score (nSPS) is 13.8. The molecule has 4 heteroatoms. The summed E-state index contributed by atoms with van der Waals surface area (Å²) in [6.07, 6.45) is 2.13. The quantitative estimate of drug-likeness (QED) is 0.770. The fourth-order valence-corrected chi connectivity index (χ4v) is 3.36. The molecule has 0 fully saturated rings. The molecule has 0 saturated carbocycles. The zero-order valence-electron chi connectivity index (χ0n) is 13.4. The number of amides is 1. The van der Waals surface area contributed by atoms with Gasteiger partial charge < -0.3 is 9.64 Å². The zero-order valence-corrected chi connectivity index (χ0v) is 15.0. The van der Waals surface area contributed by atoms with Gasteiger partial charge in [-0.1, -0.05) is 18.2 Å². The Morgan fingerprint density at radius 2 is 2.00 bits per heavy atom. The third-order valence-corrected chi connectivity index (χ3v) is 4.52. The average Bonchev–Trinajstić information content (AvgIpc) is 2.55. The molecule has 3 nitrogen and oxygen atoms in total. The summed E-state index contributed by atoms with van der Waals surface area (Å²) in [4.78, 5) is 14.8. The second kappa shape index (κ2) is 6.75. The van der Waals surface area contributed by atoms with Crippen molar-refractivity contribution in [1.29, 1.82) is 0 Å². The predicted molar refractivity (Wildman–Crippen MR) is 96.3 cm³/mol. The minimum absolute atomic E-state index is 0.0361. The van der Waals surface area contributed by atoms with Crippen molar-refractivity contribution in [3.63, 3.8) is 0 Å². The molecule has 0 bridgehead atoms. The second-order valence-corrected chi connectivity index (χ2v) is 6.86. The van der Waals surface area contributed by atoms with E-state index in [-0.39, 0.29) is 12.0 Å². The van der Waals surface area contributed by atoms with Crippen molar-refractivity contribution in [3.05, 3.63) is 58.1 Å². The molecule has 1 aliphatic rings. The maximum absolute atomic E-state index is 12.9. The Balaban J connectivity index is 1.88. The number of aryl methyl sites for hydroxylation is 1. The second-order valence-electron chi connectivity index (χ2n) is 6.00. The van der Waals surface area contributed by atoms with E-state index in [0.29, 0.717) is 5.56 Å². The third kappa shape index (κ3) is 3.42. The summed E-state index contributed by atoms with van der Waals surface area (Å²) < 4.78 is 6.52. The minimum atomic E-state index is 0.0361. The van der Waals surface area contributed by atoms with Crippen LogP contribution < -0.4 is 9.64 Å². The van der Waals surface area contributed by atoms with Gasteiger partial charge in [0.25, 0.3) is 5.91 Å². The fraction of sp³-hybridized carbons (Fsp3) is 0.316. The molecule has 23 heavy (non-hydrogen) atoms. The van der Waals surface area contributed by atoms with Crippen LogP contribution in [0.25, 0.3) is 0 Å². The molecule has 0 aliphatic carbocycles. The van der Waals surface area contributed by atoms with Crippen molar-refractivity contribution in [2.75, 3.05) is 11.4 Å². The van der Waals surface area contributed by atoms with Gasteiger partial charge in [0.15, 0.2) is 0 Å². The van der Waals surface area contributed by atoms with Crippen LogP contribution in [0.2, 0.25) is 0 Å². The summed E-state index contributed by atoms with van der Waals surface area (Å²) in [5.41, 5.74) is 2.94. The number of hydrogen-bond donors (Lipinski definition) is 0. The van der Waals surface area contributed by atoms with Crippen LogP contribution in [-0.4, -0.2) is 18.6 Å². The lowest BCUT2D eigenvalue weighted by molar-refractivity contribution is 0.0985. The maximum Gasteiger partial charge on any atom is 0.258 e. The number of anilines is 1. The molecule has 2 aromatic rings. The fourth-order valence-electron chi connectivity index (χ4n) is 2.88. The molecular weight excluding hydrogens is 354 g/mol. The number of hydrogen-bond acceptors (Lipinski definition) is 2. The molecule has 0 unspecified atom stereocenters. The van der Waals surface area contributed by atoms with E-state index in [9.17, 15) is 4.79 Å². The van der Waals surface area contributed by atoms with Crippen molar-refractivity contribution in [2.45, 2.75) is 32.8 Å². The Bertz CT molecular complexity index is 727. The van der Waals surface area contributed by atoms with Crippen LogP contribution in [0.5, 0.6) is 5.75 Å². The van der Waals surface area contributed by atoms with E-state index in [4.69, 9.17) is 4.74 Å². The lowest BCUT2D eigenvalue weighted by atomic mass is 10.0. The predicted octanol–water partition coefficient (Wildman–Crippen LogP) is 4.83. The van der Waals surface area contributed by atoms with E-state index in [1.165, 1.54) is 5.56 Å². The monoisotopic (exact) mass is 373 g/mol. The first-order valence-corrected chi connectivity index (χ1v) is 8.71. The van der Waals surface area contributed by atoms with Crippen molar-refractivity contribution in [2.24, 2.45) is 0 Å². The molecule has 0 atom stereocenters. The van der Waals surface area contributed by atoms with E-state index >= 15 is 0 Å². The summed E-state index contributed by atoms with van der Waals surface area (Å²) >= 11 is 3.50. The van der Waals surface area contributed by atoms with Gasteiger partial charge in [-0.2, -0.15) is 0 Å². The lowest BCUT2D eigenvalue weighted by Crippen LogP contribution is -2.35. The van der Waals surface area contributed by atoms with Gasteiger partial charge in [0, 0.05) is 17.8 Å². The highest BCUT2D eigenvalue weighted by Crippen LogP contribution is 2.31. The molecule has 0 N–H and O–H groups in total. The number of nitrogens with zero attached hydrogens (tertiary/aromatic N) is 1. The Kier molecular flexibility index (Phi) is 4.71. The highest BCUT2D eigenvalue weighted by atomic mass is 79.9. The van der Waals surface area contributed by atoms with Gasteiger partial charge in [-0.3, -0.25) is 4.79 Å². The van der Waals surface area contributed by atoms with E-state index in [0.717, 1.165) is 35.3 Å². The van der Waals surface area contributed by atoms with Gasteiger partial charge >= 0.3 is 0 Å². The molecule has 0 radical (unpaired) electrons. The van der Waals surface area contributed by atoms with E-state index in [1.807, 2.05) is 55.1 Å². The van der Waals surface area contributed by atoms with Gasteiger partial charge in [0.05, 0.1) is 10.6 Å². The number of halogens is 1. The first-order valence-electron chi connectivity index (χ1n) is 7.92. The minimum Gasteiger partial charge on any atom is -0.490 e. The Labute approximate surface area is 145 Å². The Morgan fingerprint density at radius 3 is 2.74 bits per heavy atom. The molecule has 3 rings (SSSR count). The highest BCUT2D eigenvalue weighted by Gasteiger charge is 2.23. The molecular formula is C19H20BrNO2. The first kappa shape index (κ1) is 16.1. The number of benzene rings is 2. The topological polar surface area (TPSA) is 29.5 Å². The molecule has 1 aliphatic heterocycles. The standard InChI is InChI=1S/C19H20BrNO2/c1-13(2)23-18-10-9-15(12-16(18)20)19(22)21-11-5-7-14-6-3-4-8-17(14)21/h3-4,6,8-10,12-13H,5,7,11H2,1-2H3. The van der Waals surface area contributed by atoms with Gasteiger partial charge in [0.2, 0.25) is 0 Å². The van der Waals surface area contributed by atoms with Crippen LogP contribution in [0.3, 0.4) is 0 Å². The molecule has 120 valence electrons. The first-order chi connectivity index (χ1) is 11.1. The number of carbonyl (C=O) groups is 1. The van der Waals surface area contributed by atoms with Gasteiger partial charge in [0.1, 0.15) is 5.75 Å². The van der Waals surface area contributed by atoms with Crippen molar-refractivity contribution >= 4 is 27.5 Å². The molecule has 0 aromatic heterocycles. The summed E-state index contributed by atoms with van der Waals surface area (Å²) in [5, 5.41) is 0. The number of fused-ring (bicyclic) bond motifs is 1. The largest absolute Gasteiger partial charge is 0.490 e. The smallest absolute Gasteiger partial charge is 0.258 e. The number of carbonyl (C=O) groups excluding carboxylic acids is 1. The van der Waals surface area contributed by atoms with Crippen molar-refractivity contribution < 1.29 is 9.53 Å². The van der Waals surface area contributed by atoms with E-state index < -0.39 is 0 Å². The molecule has 0 spiro atoms. The SMILES string of the molecule is CC(C)Oc1ccc(C(=O)N2CCCc3ccccc32)cc1Br. The van der Waals surface area contributed by atoms with E-state index in [2.05, 4.69) is 22.0 Å². The third-order valence-electron chi connectivity index (χ3n) is 3.90. The highest BCUT2D eigenvalue weighted by molar-refractivity contribution is 9.10. The molecule has 1 amide bonds. The van der Waals surface area contributed by atoms with Crippen LogP contribution in [0.1, 0.15) is 36.2 Å². The summed E-state index contributed by atoms with van der Waals surface area (Å²) in [6.45, 7) is 4.73. The van der Waals surface area contributed by atoms with Crippen LogP contribution >= 0.6 is 15.9 Å². The summed E-state index contributed by atoms with van der Waals surface area (Å²) in [6, 6.07) is 13.7. The van der Waals surface area contributed by atoms with Crippen LogP contribution in [0, 0.1) is 0 Å². The van der Waals surface area contributed by atoms with E-state index in [1.54, 1.807) is 0 Å².